The Hall–Kier alpha value is -5.63. The highest BCUT2D eigenvalue weighted by atomic mass is 35.5. The number of hydrogen-bond donors (Lipinski definition) is 3. The number of hydrogen-bond acceptors (Lipinski definition) is 11. The minimum Gasteiger partial charge on any atom is -0.504 e. The number of carbonyl (C=O) groups excluding carboxylic acids is 1. The van der Waals surface area contributed by atoms with Gasteiger partial charge in [0.25, 0.3) is 11.8 Å². The molecule has 4 N–H and O–H groups in total. The number of pyridine rings is 1. The summed E-state index contributed by atoms with van der Waals surface area (Å²) in [6.07, 6.45) is -0.568. The summed E-state index contributed by atoms with van der Waals surface area (Å²) in [6.45, 7) is 2.95. The number of rotatable bonds is 12. The second-order valence-corrected chi connectivity index (χ2v) is 10.8. The second-order valence-electron chi connectivity index (χ2n) is 10.5. The van der Waals surface area contributed by atoms with Gasteiger partial charge in [0.1, 0.15) is 23.5 Å². The zero-order valence-electron chi connectivity index (χ0n) is 25.9. The Balaban J connectivity index is 1.57. The molecule has 15 heteroatoms. The highest BCUT2D eigenvalue weighted by Crippen LogP contribution is 2.43. The molecule has 0 aliphatic carbocycles. The Kier molecular flexibility index (Phi) is 10.1. The quantitative estimate of drug-likeness (QED) is 0.0678. The number of nitrogen functional groups attached to an aromatic ring is 1. The lowest BCUT2D eigenvalue weighted by Gasteiger charge is -2.17. The summed E-state index contributed by atoms with van der Waals surface area (Å²) < 4.78 is 59.7. The summed E-state index contributed by atoms with van der Waals surface area (Å²) in [5.74, 6) is -6.52. The zero-order chi connectivity index (χ0) is 34.5. The van der Waals surface area contributed by atoms with Crippen molar-refractivity contribution in [1.29, 1.82) is 5.41 Å². The van der Waals surface area contributed by atoms with Crippen molar-refractivity contribution in [3.63, 3.8) is 0 Å². The van der Waals surface area contributed by atoms with Crippen LogP contribution >= 0.6 is 11.6 Å². The van der Waals surface area contributed by atoms with E-state index in [1.807, 2.05) is 11.9 Å². The van der Waals surface area contributed by atoms with Crippen molar-refractivity contribution >= 4 is 29.2 Å². The molecule has 3 aromatic carbocycles. The van der Waals surface area contributed by atoms with E-state index < -0.39 is 47.0 Å². The lowest BCUT2D eigenvalue weighted by Crippen LogP contribution is -2.23. The van der Waals surface area contributed by atoms with E-state index in [2.05, 4.69) is 9.98 Å². The largest absolute Gasteiger partial charge is 0.504 e. The predicted octanol–water partition coefficient (Wildman–Crippen LogP) is 6.21. The van der Waals surface area contributed by atoms with Crippen molar-refractivity contribution in [2.24, 2.45) is 10.7 Å². The molecule has 12 nitrogen and oxygen atoms in total. The van der Waals surface area contributed by atoms with Crippen molar-refractivity contribution in [2.75, 3.05) is 33.1 Å². The first-order valence-corrected chi connectivity index (χ1v) is 14.9. The van der Waals surface area contributed by atoms with Gasteiger partial charge in [0.15, 0.2) is 23.0 Å². The molecule has 0 saturated carbocycles. The minimum atomic E-state index is -1.41. The van der Waals surface area contributed by atoms with E-state index in [-0.39, 0.29) is 45.8 Å². The van der Waals surface area contributed by atoms with Crippen molar-refractivity contribution < 1.29 is 42.4 Å². The van der Waals surface area contributed by atoms with Crippen LogP contribution in [0.15, 0.2) is 65.7 Å². The lowest BCUT2D eigenvalue weighted by molar-refractivity contribution is 0.0383. The normalized spacial score (nSPS) is 13.0. The highest BCUT2D eigenvalue weighted by Gasteiger charge is 2.28. The highest BCUT2D eigenvalue weighted by molar-refractivity contribution is 6.18. The van der Waals surface area contributed by atoms with Crippen LogP contribution in [0.2, 0.25) is 0 Å². The van der Waals surface area contributed by atoms with Gasteiger partial charge in [0.2, 0.25) is 17.4 Å². The molecule has 0 saturated heterocycles. The first-order valence-electron chi connectivity index (χ1n) is 14.4. The van der Waals surface area contributed by atoms with Gasteiger partial charge in [-0.1, -0.05) is 12.1 Å². The summed E-state index contributed by atoms with van der Waals surface area (Å²) in [5, 5.41) is 18.1. The third kappa shape index (κ3) is 7.33. The van der Waals surface area contributed by atoms with Crippen LogP contribution < -0.4 is 24.7 Å². The van der Waals surface area contributed by atoms with Gasteiger partial charge in [0.05, 0.1) is 25.1 Å². The molecule has 48 heavy (non-hydrogen) atoms. The minimum absolute atomic E-state index is 0.0653. The van der Waals surface area contributed by atoms with Gasteiger partial charge >= 0.3 is 5.97 Å². The number of benzene rings is 3. The van der Waals surface area contributed by atoms with Gasteiger partial charge in [-0.2, -0.15) is 13.8 Å². The molecule has 250 valence electrons. The van der Waals surface area contributed by atoms with Crippen LogP contribution in [0.1, 0.15) is 28.4 Å². The number of carbonyl (C=O) groups is 1. The summed E-state index contributed by atoms with van der Waals surface area (Å²) in [7, 11) is 3.15. The van der Waals surface area contributed by atoms with E-state index >= 15 is 8.78 Å². The molecule has 1 aliphatic rings. The molecular formula is C33H30ClF2N5O7. The van der Waals surface area contributed by atoms with E-state index in [1.165, 1.54) is 43.5 Å². The summed E-state index contributed by atoms with van der Waals surface area (Å²) in [5.41, 5.74) is 6.47. The van der Waals surface area contributed by atoms with Gasteiger partial charge in [-0.25, -0.2) is 4.79 Å². The molecule has 0 fully saturated rings. The third-order valence-corrected chi connectivity index (χ3v) is 7.39. The molecule has 2 heterocycles. The average molecular weight is 682 g/mol. The van der Waals surface area contributed by atoms with E-state index in [0.717, 1.165) is 6.54 Å². The number of amidine groups is 2. The Morgan fingerprint density at radius 1 is 1.02 bits per heavy atom. The number of esters is 1. The zero-order valence-corrected chi connectivity index (χ0v) is 26.7. The van der Waals surface area contributed by atoms with Crippen LogP contribution in [-0.2, 0) is 4.74 Å². The van der Waals surface area contributed by atoms with Gasteiger partial charge < -0.3 is 39.4 Å². The van der Waals surface area contributed by atoms with Gasteiger partial charge in [0, 0.05) is 24.7 Å². The Morgan fingerprint density at radius 3 is 2.40 bits per heavy atom. The van der Waals surface area contributed by atoms with Crippen molar-refractivity contribution in [3.8, 4) is 46.3 Å². The van der Waals surface area contributed by atoms with Gasteiger partial charge in [-0.15, -0.1) is 11.6 Å². The number of ether oxygens (including phenoxy) is 5. The number of aliphatic imine (C=N–C) groups is 1. The number of alkyl halides is 1. The van der Waals surface area contributed by atoms with E-state index in [1.54, 1.807) is 31.2 Å². The molecule has 1 atom stereocenters. The molecule has 5 rings (SSSR count). The van der Waals surface area contributed by atoms with Crippen LogP contribution in [0.5, 0.6) is 46.3 Å². The van der Waals surface area contributed by atoms with Crippen molar-refractivity contribution in [1.82, 2.24) is 9.88 Å². The molecule has 0 amide bonds. The first kappa shape index (κ1) is 33.7. The molecule has 1 aliphatic heterocycles. The maximum atomic E-state index is 16.1. The number of phenols is 1. The maximum Gasteiger partial charge on any atom is 0.338 e. The maximum absolute atomic E-state index is 16.1. The molecule has 4 aromatic rings. The molecule has 1 unspecified atom stereocenters. The van der Waals surface area contributed by atoms with Crippen LogP contribution in [-0.4, -0.2) is 71.9 Å². The summed E-state index contributed by atoms with van der Waals surface area (Å²) in [4.78, 5) is 22.9. The van der Waals surface area contributed by atoms with E-state index in [4.69, 9.17) is 46.4 Å². The van der Waals surface area contributed by atoms with Gasteiger partial charge in [-0.05, 0) is 55.5 Å². The fourth-order valence-corrected chi connectivity index (χ4v) is 4.56. The lowest BCUT2D eigenvalue weighted by atomic mass is 10.2. The summed E-state index contributed by atoms with van der Waals surface area (Å²) in [6, 6.07) is 14.2. The number of nitrogens with one attached hydrogen (secondary N) is 1. The monoisotopic (exact) mass is 681 g/mol. The molecular weight excluding hydrogens is 652 g/mol. The first-order chi connectivity index (χ1) is 23.0. The Bertz CT molecular complexity index is 1910. The standard InChI is InChI=1S/C33H30ClF2N5O7/c1-17(16-34)45-33(43)20-8-10-23(25(15-20)44-3)47-28-26(35)31(46-21-6-4-5-19(13-21)30-39-11-12-41(30)2)40-32(27(28)36)48-24-14-18(29(37)38)7-9-22(24)42/h4-10,13-15,17,42H,11-12,16H2,1-3H3,(H3,37,38). The number of phenolic OH excluding ortho intramolecular Hbond substituents is 1. The van der Waals surface area contributed by atoms with Crippen LogP contribution in [0.4, 0.5) is 8.78 Å². The molecule has 0 spiro atoms. The van der Waals surface area contributed by atoms with Crippen LogP contribution in [0.25, 0.3) is 0 Å². The fourth-order valence-electron chi connectivity index (χ4n) is 4.50. The van der Waals surface area contributed by atoms with E-state index in [0.29, 0.717) is 17.9 Å². The SMILES string of the molecule is COc1cc(C(=O)OC(C)CCl)ccc1Oc1c(F)c(Oc2cccc(C3=NCCN3C)c2)nc(Oc2cc(C(=N)N)ccc2O)c1F. The van der Waals surface area contributed by atoms with Crippen LogP contribution in [0.3, 0.4) is 0 Å². The van der Waals surface area contributed by atoms with Crippen molar-refractivity contribution in [3.05, 3.63) is 89.0 Å². The van der Waals surface area contributed by atoms with Gasteiger partial charge in [-0.3, -0.25) is 10.4 Å². The average Bonchev–Trinajstić information content (AvgIpc) is 3.51. The fraction of sp³-hybridized carbons (Fsp3) is 0.212. The number of nitrogens with zero attached hydrogens (tertiary/aromatic N) is 3. The molecule has 1 aromatic heterocycles. The molecule has 0 bridgehead atoms. The number of aromatic hydroxyl groups is 1. The summed E-state index contributed by atoms with van der Waals surface area (Å²) >= 11 is 5.73. The van der Waals surface area contributed by atoms with Crippen LogP contribution in [0, 0.1) is 17.0 Å². The second kappa shape index (κ2) is 14.4. The number of likely N-dealkylation sites (N-methyl/N-ethyl adjacent to an activating group) is 1. The van der Waals surface area contributed by atoms with E-state index in [9.17, 15) is 9.90 Å². The molecule has 0 radical (unpaired) electrons. The number of aromatic nitrogens is 1. The van der Waals surface area contributed by atoms with Crippen molar-refractivity contribution in [2.45, 2.75) is 13.0 Å². The predicted molar refractivity (Wildman–Crippen MR) is 173 cm³/mol. The topological polar surface area (TPSA) is 162 Å². The number of halogens is 3. The number of nitrogens with two attached hydrogens (primary N) is 1. The number of methoxy groups -OCH3 is 1. The third-order valence-electron chi connectivity index (χ3n) is 6.96. The Labute approximate surface area is 278 Å². The smallest absolute Gasteiger partial charge is 0.338 e. The Morgan fingerprint density at radius 2 is 1.73 bits per heavy atom.